The van der Waals surface area contributed by atoms with Gasteiger partial charge in [-0.25, -0.2) is 0 Å². The molecule has 19 heavy (non-hydrogen) atoms. The molecule has 104 valence electrons. The lowest BCUT2D eigenvalue weighted by molar-refractivity contribution is -0.137. The molecule has 0 spiro atoms. The molecule has 0 atom stereocenters. The highest BCUT2D eigenvalue weighted by molar-refractivity contribution is 7.80. The molecule has 0 bridgehead atoms. The van der Waals surface area contributed by atoms with E-state index >= 15 is 0 Å². The van der Waals surface area contributed by atoms with Crippen LogP contribution >= 0.6 is 12.2 Å². The molecule has 1 saturated carbocycles. The number of benzene rings is 1. The van der Waals surface area contributed by atoms with Crippen molar-refractivity contribution in [1.82, 2.24) is 0 Å². The van der Waals surface area contributed by atoms with E-state index in [4.69, 9.17) is 18.0 Å². The Hall–Kier alpha value is -1.30. The molecule has 0 amide bonds. The number of nitrogens with zero attached hydrogens (tertiary/aromatic N) is 1. The van der Waals surface area contributed by atoms with Gasteiger partial charge in [0.1, 0.15) is 4.99 Å². The molecule has 0 heterocycles. The fraction of sp³-hybridized carbons (Fsp3) is 0.462. The summed E-state index contributed by atoms with van der Waals surface area (Å²) in [4.78, 5) is 1.96. The van der Waals surface area contributed by atoms with Crippen molar-refractivity contribution in [2.24, 2.45) is 5.73 Å². The number of alkyl halides is 3. The number of hydrogen-bond acceptors (Lipinski definition) is 2. The van der Waals surface area contributed by atoms with Gasteiger partial charge in [-0.15, -0.1) is 0 Å². The lowest BCUT2D eigenvalue weighted by atomic mass is 9.91. The second-order valence-corrected chi connectivity index (χ2v) is 5.23. The van der Waals surface area contributed by atoms with Crippen molar-refractivity contribution in [2.75, 3.05) is 11.9 Å². The minimum Gasteiger partial charge on any atom is -0.389 e. The normalized spacial score (nSPS) is 16.0. The van der Waals surface area contributed by atoms with Gasteiger partial charge < -0.3 is 10.6 Å². The fourth-order valence-electron chi connectivity index (χ4n) is 2.19. The quantitative estimate of drug-likeness (QED) is 0.865. The predicted octanol–water partition coefficient (Wildman–Crippen LogP) is 3.33. The molecule has 2 N–H and O–H groups in total. The third-order valence-corrected chi connectivity index (χ3v) is 3.81. The highest BCUT2D eigenvalue weighted by Crippen LogP contribution is 2.35. The summed E-state index contributed by atoms with van der Waals surface area (Å²) in [7, 11) is 1.87. The Morgan fingerprint density at radius 1 is 1.37 bits per heavy atom. The van der Waals surface area contributed by atoms with Crippen molar-refractivity contribution in [3.05, 3.63) is 29.3 Å². The van der Waals surface area contributed by atoms with Crippen LogP contribution in [0.5, 0.6) is 0 Å². The monoisotopic (exact) mass is 288 g/mol. The fourth-order valence-corrected chi connectivity index (χ4v) is 2.35. The molecule has 1 aliphatic carbocycles. The highest BCUT2D eigenvalue weighted by Gasteiger charge is 2.32. The van der Waals surface area contributed by atoms with Crippen LogP contribution in [0.3, 0.4) is 0 Å². The summed E-state index contributed by atoms with van der Waals surface area (Å²) in [6.45, 7) is 0. The maximum absolute atomic E-state index is 12.7. The number of anilines is 1. The molecule has 1 fully saturated rings. The molecule has 0 saturated heterocycles. The zero-order chi connectivity index (χ0) is 14.2. The van der Waals surface area contributed by atoms with Crippen molar-refractivity contribution in [1.29, 1.82) is 0 Å². The number of thiocarbonyl (C=S) groups is 1. The minimum atomic E-state index is -4.38. The molecule has 1 aromatic carbocycles. The summed E-state index contributed by atoms with van der Waals surface area (Å²) in [6, 6.07) is 3.93. The summed E-state index contributed by atoms with van der Waals surface area (Å²) in [5.74, 6) is 0. The van der Waals surface area contributed by atoms with Gasteiger partial charge >= 0.3 is 6.18 Å². The van der Waals surface area contributed by atoms with Crippen LogP contribution in [-0.2, 0) is 6.18 Å². The third-order valence-electron chi connectivity index (χ3n) is 3.59. The van der Waals surface area contributed by atoms with Crippen LogP contribution in [0.15, 0.2) is 18.2 Å². The summed E-state index contributed by atoms with van der Waals surface area (Å²) in [6.07, 6.45) is -1.13. The molecule has 6 heteroatoms. The molecule has 0 radical (unpaired) electrons. The molecule has 1 aromatic rings. The highest BCUT2D eigenvalue weighted by atomic mass is 32.1. The molecule has 0 aromatic heterocycles. The van der Waals surface area contributed by atoms with E-state index in [0.717, 1.165) is 31.4 Å². The first kappa shape index (κ1) is 14.1. The maximum atomic E-state index is 12.7. The summed E-state index contributed by atoms with van der Waals surface area (Å²) >= 11 is 4.88. The number of hydrogen-bond donors (Lipinski definition) is 1. The van der Waals surface area contributed by atoms with E-state index in [9.17, 15) is 13.2 Å². The van der Waals surface area contributed by atoms with E-state index in [2.05, 4.69) is 0 Å². The first-order chi connectivity index (χ1) is 8.80. The molecule has 2 nitrogen and oxygen atoms in total. The van der Waals surface area contributed by atoms with Crippen molar-refractivity contribution < 1.29 is 13.2 Å². The average molecular weight is 288 g/mol. The molecular formula is C13H15F3N2S. The van der Waals surface area contributed by atoms with E-state index in [1.807, 2.05) is 11.9 Å². The Balaban J connectivity index is 2.40. The van der Waals surface area contributed by atoms with Crippen LogP contribution in [0.2, 0.25) is 0 Å². The first-order valence-corrected chi connectivity index (χ1v) is 6.45. The Kier molecular flexibility index (Phi) is 3.71. The Bertz CT molecular complexity index is 495. The van der Waals surface area contributed by atoms with Crippen LogP contribution in [0.4, 0.5) is 18.9 Å². The lowest BCUT2D eigenvalue weighted by Gasteiger charge is -2.37. The number of halogens is 3. The summed E-state index contributed by atoms with van der Waals surface area (Å²) < 4.78 is 38.1. The van der Waals surface area contributed by atoms with Gasteiger partial charge in [-0.3, -0.25) is 0 Å². The van der Waals surface area contributed by atoms with E-state index in [0.29, 0.717) is 17.3 Å². The predicted molar refractivity (Wildman–Crippen MR) is 73.4 cm³/mol. The first-order valence-electron chi connectivity index (χ1n) is 6.04. The third kappa shape index (κ3) is 2.83. The molecule has 0 unspecified atom stereocenters. The Morgan fingerprint density at radius 3 is 2.42 bits per heavy atom. The summed E-state index contributed by atoms with van der Waals surface area (Å²) in [5, 5.41) is 0. The van der Waals surface area contributed by atoms with Gasteiger partial charge in [0.25, 0.3) is 0 Å². The second-order valence-electron chi connectivity index (χ2n) is 4.79. The van der Waals surface area contributed by atoms with Gasteiger partial charge in [0.15, 0.2) is 0 Å². The van der Waals surface area contributed by atoms with E-state index < -0.39 is 11.7 Å². The molecule has 1 aliphatic rings. The van der Waals surface area contributed by atoms with Gasteiger partial charge in [0, 0.05) is 24.3 Å². The van der Waals surface area contributed by atoms with Crippen LogP contribution in [0, 0.1) is 0 Å². The smallest absolute Gasteiger partial charge is 0.389 e. The lowest BCUT2D eigenvalue weighted by Crippen LogP contribution is -2.38. The second kappa shape index (κ2) is 5.00. The summed E-state index contributed by atoms with van der Waals surface area (Å²) in [5.41, 5.74) is 5.80. The van der Waals surface area contributed by atoms with Crippen molar-refractivity contribution in [3.8, 4) is 0 Å². The number of nitrogens with two attached hydrogens (primary N) is 1. The zero-order valence-electron chi connectivity index (χ0n) is 10.5. The van der Waals surface area contributed by atoms with E-state index in [1.54, 1.807) is 0 Å². The van der Waals surface area contributed by atoms with Crippen molar-refractivity contribution >= 4 is 22.9 Å². The largest absolute Gasteiger partial charge is 0.416 e. The minimum absolute atomic E-state index is 0.00715. The average Bonchev–Trinajstić information content (AvgIpc) is 2.24. The van der Waals surface area contributed by atoms with E-state index in [1.165, 1.54) is 6.07 Å². The van der Waals surface area contributed by atoms with Gasteiger partial charge in [0.2, 0.25) is 0 Å². The number of rotatable bonds is 3. The topological polar surface area (TPSA) is 29.3 Å². The zero-order valence-corrected chi connectivity index (χ0v) is 11.3. The van der Waals surface area contributed by atoms with E-state index in [-0.39, 0.29) is 4.99 Å². The molecule has 2 rings (SSSR count). The van der Waals surface area contributed by atoms with Gasteiger partial charge in [-0.05, 0) is 37.5 Å². The Labute approximate surface area is 115 Å². The van der Waals surface area contributed by atoms with Crippen LogP contribution in [0.25, 0.3) is 0 Å². The molecular weight excluding hydrogens is 273 g/mol. The van der Waals surface area contributed by atoms with Gasteiger partial charge in [-0.2, -0.15) is 13.2 Å². The van der Waals surface area contributed by atoms with Crippen LogP contribution in [0.1, 0.15) is 30.4 Å². The van der Waals surface area contributed by atoms with Gasteiger partial charge in [0.05, 0.1) is 5.56 Å². The van der Waals surface area contributed by atoms with Crippen molar-refractivity contribution in [2.45, 2.75) is 31.5 Å². The Morgan fingerprint density at radius 2 is 2.00 bits per heavy atom. The SMILES string of the molecule is CN(c1ccc(C(F)(F)F)cc1C(N)=S)C1CCC1. The molecule has 0 aliphatic heterocycles. The standard InChI is InChI=1S/C13H15F3N2S/c1-18(9-3-2-4-9)11-6-5-8(13(14,15)16)7-10(11)12(17)19/h5-7,9H,2-4H2,1H3,(H2,17,19). The maximum Gasteiger partial charge on any atom is 0.416 e. The van der Waals surface area contributed by atoms with Gasteiger partial charge in [-0.1, -0.05) is 12.2 Å². The van der Waals surface area contributed by atoms with Crippen molar-refractivity contribution in [3.63, 3.8) is 0 Å². The van der Waals surface area contributed by atoms with Crippen LogP contribution in [-0.4, -0.2) is 18.1 Å². The van der Waals surface area contributed by atoms with Crippen LogP contribution < -0.4 is 10.6 Å².